The lowest BCUT2D eigenvalue weighted by Crippen LogP contribution is -2.03. The number of hydrogen-bond donors (Lipinski definition) is 2. The Morgan fingerprint density at radius 1 is 1.50 bits per heavy atom. The number of hydrogen-bond acceptors (Lipinski definition) is 2. The average molecular weight is 349 g/mol. The highest BCUT2D eigenvalue weighted by atomic mass is 127. The van der Waals surface area contributed by atoms with Gasteiger partial charge in [-0.1, -0.05) is 17.7 Å². The second kappa shape index (κ2) is 5.16. The van der Waals surface area contributed by atoms with Gasteiger partial charge in [-0.05, 0) is 40.3 Å². The van der Waals surface area contributed by atoms with Gasteiger partial charge >= 0.3 is 0 Å². The van der Waals surface area contributed by atoms with Gasteiger partial charge in [-0.2, -0.15) is 0 Å². The van der Waals surface area contributed by atoms with E-state index in [9.17, 15) is 5.11 Å². The van der Waals surface area contributed by atoms with E-state index in [1.807, 2.05) is 12.1 Å². The molecular weight excluding hydrogens is 338 g/mol. The van der Waals surface area contributed by atoms with Crippen molar-refractivity contribution in [2.75, 3.05) is 0 Å². The highest BCUT2D eigenvalue weighted by molar-refractivity contribution is 14.1. The van der Waals surface area contributed by atoms with Gasteiger partial charge in [0.15, 0.2) is 0 Å². The summed E-state index contributed by atoms with van der Waals surface area (Å²) in [5.41, 5.74) is 0.807. The van der Waals surface area contributed by atoms with E-state index in [-0.39, 0.29) is 0 Å². The number of aromatic amines is 1. The van der Waals surface area contributed by atoms with Crippen LogP contribution in [-0.4, -0.2) is 15.1 Å². The molecule has 0 bridgehead atoms. The van der Waals surface area contributed by atoms with Crippen molar-refractivity contribution in [2.24, 2.45) is 0 Å². The summed E-state index contributed by atoms with van der Waals surface area (Å²) in [5.74, 6) is 0.766. The number of halogens is 2. The van der Waals surface area contributed by atoms with Crippen molar-refractivity contribution in [3.05, 3.63) is 50.6 Å². The molecule has 1 aromatic carbocycles. The minimum Gasteiger partial charge on any atom is -0.388 e. The molecule has 5 heteroatoms. The van der Waals surface area contributed by atoms with E-state index in [0.29, 0.717) is 11.4 Å². The summed E-state index contributed by atoms with van der Waals surface area (Å²) in [7, 11) is 0. The van der Waals surface area contributed by atoms with Crippen LogP contribution in [0.3, 0.4) is 0 Å². The lowest BCUT2D eigenvalue weighted by atomic mass is 10.1. The van der Waals surface area contributed by atoms with E-state index in [1.165, 1.54) is 0 Å². The molecular formula is C11H10ClIN2O. The van der Waals surface area contributed by atoms with E-state index >= 15 is 0 Å². The molecule has 0 aliphatic rings. The van der Waals surface area contributed by atoms with Crippen molar-refractivity contribution in [3.8, 4) is 0 Å². The molecule has 16 heavy (non-hydrogen) atoms. The van der Waals surface area contributed by atoms with Gasteiger partial charge in [-0.3, -0.25) is 0 Å². The van der Waals surface area contributed by atoms with Gasteiger partial charge in [0.25, 0.3) is 0 Å². The van der Waals surface area contributed by atoms with Gasteiger partial charge in [-0.25, -0.2) is 4.98 Å². The summed E-state index contributed by atoms with van der Waals surface area (Å²) >= 11 is 8.15. The van der Waals surface area contributed by atoms with Crippen molar-refractivity contribution in [3.63, 3.8) is 0 Å². The van der Waals surface area contributed by atoms with Crippen molar-refractivity contribution in [2.45, 2.75) is 12.5 Å². The van der Waals surface area contributed by atoms with Crippen LogP contribution in [0.5, 0.6) is 0 Å². The zero-order valence-electron chi connectivity index (χ0n) is 8.32. The van der Waals surface area contributed by atoms with Gasteiger partial charge in [-0.15, -0.1) is 0 Å². The molecule has 0 spiro atoms. The predicted molar refractivity (Wildman–Crippen MR) is 71.4 cm³/mol. The van der Waals surface area contributed by atoms with Crippen LogP contribution in [0.4, 0.5) is 0 Å². The van der Waals surface area contributed by atoms with Crippen LogP contribution in [0, 0.1) is 3.57 Å². The van der Waals surface area contributed by atoms with Gasteiger partial charge in [0.2, 0.25) is 0 Å². The van der Waals surface area contributed by atoms with E-state index < -0.39 is 6.10 Å². The highest BCUT2D eigenvalue weighted by Gasteiger charge is 2.11. The first-order valence-corrected chi connectivity index (χ1v) is 6.24. The van der Waals surface area contributed by atoms with Crippen LogP contribution < -0.4 is 0 Å². The van der Waals surface area contributed by atoms with Crippen molar-refractivity contribution < 1.29 is 5.11 Å². The summed E-state index contributed by atoms with van der Waals surface area (Å²) in [6.07, 6.45) is 3.29. The molecule has 0 radical (unpaired) electrons. The smallest absolute Gasteiger partial charge is 0.108 e. The number of rotatable bonds is 3. The maximum atomic E-state index is 9.99. The minimum atomic E-state index is -0.583. The summed E-state index contributed by atoms with van der Waals surface area (Å²) in [5, 5.41) is 10.7. The molecule has 0 saturated heterocycles. The standard InChI is InChI=1S/C11H10ClIN2O/c12-8-5-7(1-2-9(8)13)10(16)6-11-14-3-4-15-11/h1-5,10,16H,6H2,(H,14,15). The zero-order chi connectivity index (χ0) is 11.5. The maximum absolute atomic E-state index is 9.99. The topological polar surface area (TPSA) is 48.9 Å². The highest BCUT2D eigenvalue weighted by Crippen LogP contribution is 2.24. The zero-order valence-corrected chi connectivity index (χ0v) is 11.2. The van der Waals surface area contributed by atoms with Gasteiger partial charge < -0.3 is 10.1 Å². The first-order valence-electron chi connectivity index (χ1n) is 4.78. The van der Waals surface area contributed by atoms with Crippen molar-refractivity contribution >= 4 is 34.2 Å². The number of nitrogens with zero attached hydrogens (tertiary/aromatic N) is 1. The SMILES string of the molecule is OC(Cc1ncc[nH]1)c1ccc(I)c(Cl)c1. The van der Waals surface area contributed by atoms with Gasteiger partial charge in [0.05, 0.1) is 11.1 Å². The van der Waals surface area contributed by atoms with Crippen LogP contribution in [0.2, 0.25) is 5.02 Å². The van der Waals surface area contributed by atoms with Crippen LogP contribution in [-0.2, 0) is 6.42 Å². The Morgan fingerprint density at radius 2 is 2.31 bits per heavy atom. The number of H-pyrrole nitrogens is 1. The molecule has 3 nitrogen and oxygen atoms in total. The number of imidazole rings is 1. The predicted octanol–water partition coefficient (Wildman–Crippen LogP) is 2.94. The molecule has 2 rings (SSSR count). The minimum absolute atomic E-state index is 0.462. The molecule has 0 aliphatic carbocycles. The molecule has 1 heterocycles. The second-order valence-corrected chi connectivity index (χ2v) is 5.00. The van der Waals surface area contributed by atoms with Gasteiger partial charge in [0, 0.05) is 22.4 Å². The third kappa shape index (κ3) is 2.75. The Hall–Kier alpha value is -0.590. The third-order valence-corrected chi connectivity index (χ3v) is 3.84. The largest absolute Gasteiger partial charge is 0.388 e. The molecule has 1 unspecified atom stereocenters. The molecule has 2 N–H and O–H groups in total. The quantitative estimate of drug-likeness (QED) is 0.838. The number of benzene rings is 1. The van der Waals surface area contributed by atoms with E-state index in [4.69, 9.17) is 11.6 Å². The Bertz CT molecular complexity index is 473. The molecule has 84 valence electrons. The Balaban J connectivity index is 2.14. The lowest BCUT2D eigenvalue weighted by molar-refractivity contribution is 0.176. The summed E-state index contributed by atoms with van der Waals surface area (Å²) < 4.78 is 0.980. The summed E-state index contributed by atoms with van der Waals surface area (Å²) in [6, 6.07) is 5.56. The van der Waals surface area contributed by atoms with Crippen LogP contribution in [0.25, 0.3) is 0 Å². The Labute approximate surface area is 112 Å². The Morgan fingerprint density at radius 3 is 2.94 bits per heavy atom. The maximum Gasteiger partial charge on any atom is 0.108 e. The molecule has 0 amide bonds. The third-order valence-electron chi connectivity index (χ3n) is 2.27. The number of nitrogens with one attached hydrogen (secondary N) is 1. The number of aliphatic hydroxyl groups excluding tert-OH is 1. The molecule has 0 aliphatic heterocycles. The fourth-order valence-electron chi connectivity index (χ4n) is 1.43. The molecule has 1 aromatic heterocycles. The molecule has 1 atom stereocenters. The van der Waals surface area contributed by atoms with Crippen LogP contribution in [0.1, 0.15) is 17.5 Å². The molecule has 0 saturated carbocycles. The second-order valence-electron chi connectivity index (χ2n) is 3.43. The summed E-state index contributed by atoms with van der Waals surface area (Å²) in [4.78, 5) is 7.03. The summed E-state index contributed by atoms with van der Waals surface area (Å²) in [6.45, 7) is 0. The van der Waals surface area contributed by atoms with Gasteiger partial charge in [0.1, 0.15) is 5.82 Å². The first kappa shape index (κ1) is 11.9. The Kier molecular flexibility index (Phi) is 3.83. The van der Waals surface area contributed by atoms with Crippen LogP contribution in [0.15, 0.2) is 30.6 Å². The first-order chi connectivity index (χ1) is 7.66. The van der Waals surface area contributed by atoms with E-state index in [1.54, 1.807) is 18.5 Å². The van der Waals surface area contributed by atoms with Crippen LogP contribution >= 0.6 is 34.2 Å². The number of aliphatic hydroxyl groups is 1. The fraction of sp³-hybridized carbons (Fsp3) is 0.182. The van der Waals surface area contributed by atoms with Crippen molar-refractivity contribution in [1.29, 1.82) is 0 Å². The average Bonchev–Trinajstić information content (AvgIpc) is 2.74. The molecule has 0 fully saturated rings. The molecule has 2 aromatic rings. The monoisotopic (exact) mass is 348 g/mol. The fourth-order valence-corrected chi connectivity index (χ4v) is 1.95. The normalized spacial score (nSPS) is 12.7. The lowest BCUT2D eigenvalue weighted by Gasteiger charge is -2.10. The van der Waals surface area contributed by atoms with Crippen molar-refractivity contribution in [1.82, 2.24) is 9.97 Å². The van der Waals surface area contributed by atoms with E-state index in [0.717, 1.165) is 15.0 Å². The number of aromatic nitrogens is 2. The van der Waals surface area contributed by atoms with E-state index in [2.05, 4.69) is 32.6 Å².